The van der Waals surface area contributed by atoms with Crippen molar-refractivity contribution >= 4 is 5.91 Å². The number of carbonyl (C=O) groups is 1. The van der Waals surface area contributed by atoms with Crippen molar-refractivity contribution in [2.24, 2.45) is 11.1 Å². The fraction of sp³-hybridized carbons (Fsp3) is 0.786. The van der Waals surface area contributed by atoms with Gasteiger partial charge in [0.1, 0.15) is 0 Å². The molecule has 0 aliphatic carbocycles. The molecule has 0 aromatic rings. The van der Waals surface area contributed by atoms with Crippen LogP contribution in [0, 0.1) is 5.41 Å². The van der Waals surface area contributed by atoms with E-state index in [4.69, 9.17) is 10.5 Å². The lowest BCUT2D eigenvalue weighted by molar-refractivity contribution is -0.121. The molecular weight excluding hydrogens is 228 g/mol. The number of hydrogen-bond acceptors (Lipinski definition) is 3. The Balaban J connectivity index is 3.57. The molecule has 0 aromatic heterocycles. The highest BCUT2D eigenvalue weighted by molar-refractivity contribution is 5.75. The molecule has 4 nitrogen and oxygen atoms in total. The molecule has 0 unspecified atom stereocenters. The summed E-state index contributed by atoms with van der Waals surface area (Å²) >= 11 is 0. The molecule has 0 fully saturated rings. The molecule has 1 amide bonds. The first-order valence-electron chi connectivity index (χ1n) is 6.56. The van der Waals surface area contributed by atoms with Crippen molar-refractivity contribution in [2.45, 2.75) is 40.0 Å². The van der Waals surface area contributed by atoms with E-state index in [2.05, 4.69) is 25.7 Å². The summed E-state index contributed by atoms with van der Waals surface area (Å²) < 4.78 is 5.30. The van der Waals surface area contributed by atoms with Crippen molar-refractivity contribution in [1.29, 1.82) is 0 Å². The minimum atomic E-state index is 0.0824. The van der Waals surface area contributed by atoms with Crippen LogP contribution in [0.5, 0.6) is 0 Å². The molecule has 0 aromatic carbocycles. The van der Waals surface area contributed by atoms with E-state index in [-0.39, 0.29) is 11.3 Å². The second-order valence-corrected chi connectivity index (χ2v) is 5.56. The zero-order valence-electron chi connectivity index (χ0n) is 12.1. The SMILES string of the molecule is C=C(C)COCCNC(=O)CCC(C)(C)CCN. The molecule has 18 heavy (non-hydrogen) atoms. The smallest absolute Gasteiger partial charge is 0.220 e. The Morgan fingerprint density at radius 2 is 2.06 bits per heavy atom. The Hall–Kier alpha value is -0.870. The first-order valence-corrected chi connectivity index (χ1v) is 6.56. The van der Waals surface area contributed by atoms with Gasteiger partial charge in [-0.05, 0) is 31.7 Å². The Kier molecular flexibility index (Phi) is 8.67. The first kappa shape index (κ1) is 17.1. The van der Waals surface area contributed by atoms with Gasteiger partial charge in [0.15, 0.2) is 0 Å². The normalized spacial score (nSPS) is 11.3. The van der Waals surface area contributed by atoms with E-state index < -0.39 is 0 Å². The van der Waals surface area contributed by atoms with Crippen molar-refractivity contribution in [3.05, 3.63) is 12.2 Å². The molecule has 0 aliphatic rings. The number of hydrogen-bond donors (Lipinski definition) is 2. The highest BCUT2D eigenvalue weighted by atomic mass is 16.5. The molecule has 0 bridgehead atoms. The molecule has 0 rings (SSSR count). The Morgan fingerprint density at radius 3 is 2.61 bits per heavy atom. The number of nitrogens with two attached hydrogens (primary N) is 1. The second kappa shape index (κ2) is 9.11. The minimum Gasteiger partial charge on any atom is -0.375 e. The monoisotopic (exact) mass is 256 g/mol. The van der Waals surface area contributed by atoms with Gasteiger partial charge in [0.25, 0.3) is 0 Å². The Labute approximate surface area is 111 Å². The number of amides is 1. The van der Waals surface area contributed by atoms with Crippen molar-refractivity contribution < 1.29 is 9.53 Å². The molecule has 0 atom stereocenters. The van der Waals surface area contributed by atoms with Crippen LogP contribution in [-0.2, 0) is 9.53 Å². The van der Waals surface area contributed by atoms with Gasteiger partial charge in [-0.25, -0.2) is 0 Å². The first-order chi connectivity index (χ1) is 8.37. The van der Waals surface area contributed by atoms with Gasteiger partial charge in [-0.1, -0.05) is 26.0 Å². The minimum absolute atomic E-state index is 0.0824. The fourth-order valence-electron chi connectivity index (χ4n) is 1.57. The van der Waals surface area contributed by atoms with Crippen LogP contribution in [0.25, 0.3) is 0 Å². The number of nitrogens with one attached hydrogen (secondary N) is 1. The summed E-state index contributed by atoms with van der Waals surface area (Å²) in [6.45, 7) is 12.3. The number of carbonyl (C=O) groups excluding carboxylic acids is 1. The van der Waals surface area contributed by atoms with Crippen molar-refractivity contribution in [3.8, 4) is 0 Å². The summed E-state index contributed by atoms with van der Waals surface area (Å²) in [6, 6.07) is 0. The average Bonchev–Trinajstić information content (AvgIpc) is 2.25. The quantitative estimate of drug-likeness (QED) is 0.463. The topological polar surface area (TPSA) is 64.3 Å². The van der Waals surface area contributed by atoms with E-state index in [9.17, 15) is 4.79 Å². The maximum absolute atomic E-state index is 11.6. The summed E-state index contributed by atoms with van der Waals surface area (Å²) in [5.74, 6) is 0.0824. The third-order valence-electron chi connectivity index (χ3n) is 2.77. The van der Waals surface area contributed by atoms with E-state index in [0.29, 0.717) is 32.7 Å². The van der Waals surface area contributed by atoms with Crippen molar-refractivity contribution in [2.75, 3.05) is 26.3 Å². The molecule has 0 heterocycles. The molecule has 4 heteroatoms. The van der Waals surface area contributed by atoms with E-state index in [1.165, 1.54) is 0 Å². The van der Waals surface area contributed by atoms with Gasteiger partial charge in [-0.3, -0.25) is 4.79 Å². The summed E-state index contributed by atoms with van der Waals surface area (Å²) in [5, 5.41) is 2.85. The van der Waals surface area contributed by atoms with Crippen LogP contribution in [0.4, 0.5) is 0 Å². The highest BCUT2D eigenvalue weighted by Gasteiger charge is 2.17. The largest absolute Gasteiger partial charge is 0.375 e. The third kappa shape index (κ3) is 10.3. The van der Waals surface area contributed by atoms with Crippen LogP contribution < -0.4 is 11.1 Å². The maximum Gasteiger partial charge on any atom is 0.220 e. The highest BCUT2D eigenvalue weighted by Crippen LogP contribution is 2.25. The molecule has 3 N–H and O–H groups in total. The molecule has 0 radical (unpaired) electrons. The Bertz CT molecular complexity index is 263. The molecule has 106 valence electrons. The predicted octanol–water partition coefficient (Wildman–Crippen LogP) is 1.85. The summed E-state index contributed by atoms with van der Waals surface area (Å²) in [7, 11) is 0. The molecule has 0 spiro atoms. The molecule has 0 aliphatic heterocycles. The zero-order chi connectivity index (χ0) is 14.0. The van der Waals surface area contributed by atoms with Gasteiger partial charge in [0.2, 0.25) is 5.91 Å². The predicted molar refractivity (Wildman–Crippen MR) is 75.3 cm³/mol. The van der Waals surface area contributed by atoms with Crippen LogP contribution >= 0.6 is 0 Å². The van der Waals surface area contributed by atoms with E-state index in [1.807, 2.05) is 6.92 Å². The zero-order valence-corrected chi connectivity index (χ0v) is 12.1. The van der Waals surface area contributed by atoms with E-state index in [1.54, 1.807) is 0 Å². The lowest BCUT2D eigenvalue weighted by Crippen LogP contribution is -2.29. The molecule has 0 saturated carbocycles. The number of ether oxygens (including phenoxy) is 1. The van der Waals surface area contributed by atoms with Gasteiger partial charge >= 0.3 is 0 Å². The van der Waals surface area contributed by atoms with Crippen LogP contribution in [0.2, 0.25) is 0 Å². The lowest BCUT2D eigenvalue weighted by Gasteiger charge is -2.23. The van der Waals surface area contributed by atoms with Gasteiger partial charge < -0.3 is 15.8 Å². The van der Waals surface area contributed by atoms with Crippen molar-refractivity contribution in [3.63, 3.8) is 0 Å². The van der Waals surface area contributed by atoms with Crippen LogP contribution in [0.3, 0.4) is 0 Å². The molecular formula is C14H28N2O2. The van der Waals surface area contributed by atoms with Crippen LogP contribution in [0.1, 0.15) is 40.0 Å². The average molecular weight is 256 g/mol. The second-order valence-electron chi connectivity index (χ2n) is 5.56. The summed E-state index contributed by atoms with van der Waals surface area (Å²) in [4.78, 5) is 11.6. The number of rotatable bonds is 10. The third-order valence-corrected chi connectivity index (χ3v) is 2.77. The van der Waals surface area contributed by atoms with Crippen molar-refractivity contribution in [1.82, 2.24) is 5.32 Å². The van der Waals surface area contributed by atoms with Gasteiger partial charge in [0.05, 0.1) is 13.2 Å². The standard InChI is InChI=1S/C14H28N2O2/c1-12(2)11-18-10-9-16-13(17)5-6-14(3,4)7-8-15/h1,5-11,15H2,2-4H3,(H,16,17). The van der Waals surface area contributed by atoms with Gasteiger partial charge in [0, 0.05) is 13.0 Å². The summed E-state index contributed by atoms with van der Waals surface area (Å²) in [5.41, 5.74) is 6.67. The summed E-state index contributed by atoms with van der Waals surface area (Å²) in [6.07, 6.45) is 2.36. The van der Waals surface area contributed by atoms with E-state index in [0.717, 1.165) is 18.4 Å². The lowest BCUT2D eigenvalue weighted by atomic mass is 9.84. The van der Waals surface area contributed by atoms with E-state index >= 15 is 0 Å². The van der Waals surface area contributed by atoms with Crippen LogP contribution in [-0.4, -0.2) is 32.2 Å². The Morgan fingerprint density at radius 1 is 1.39 bits per heavy atom. The van der Waals surface area contributed by atoms with Gasteiger partial charge in [-0.2, -0.15) is 0 Å². The van der Waals surface area contributed by atoms with Gasteiger partial charge in [-0.15, -0.1) is 0 Å². The fourth-order valence-corrected chi connectivity index (χ4v) is 1.57. The van der Waals surface area contributed by atoms with Crippen LogP contribution in [0.15, 0.2) is 12.2 Å². The maximum atomic E-state index is 11.6. The molecule has 0 saturated heterocycles.